The fourth-order valence-electron chi connectivity index (χ4n) is 4.73. The number of ether oxygens (including phenoxy) is 1. The highest BCUT2D eigenvalue weighted by Crippen LogP contribution is 2.27. The number of halogens is 1. The number of benzene rings is 2. The first-order chi connectivity index (χ1) is 17.0. The molecule has 0 aliphatic carbocycles. The number of nitrogens with zero attached hydrogens (tertiary/aromatic N) is 4. The molecule has 5 rings (SSSR count). The topological polar surface area (TPSA) is 75.1 Å². The minimum Gasteiger partial charge on any atom is -0.378 e. The number of para-hydroxylation sites is 2. The van der Waals surface area contributed by atoms with Gasteiger partial charge < -0.3 is 24.0 Å². The molecule has 0 N–H and O–H groups in total. The maximum absolute atomic E-state index is 13.3. The van der Waals surface area contributed by atoms with Gasteiger partial charge in [0.15, 0.2) is 0 Å². The van der Waals surface area contributed by atoms with Crippen LogP contribution in [0.5, 0.6) is 0 Å². The minimum atomic E-state index is -0.551. The molecule has 0 spiro atoms. The van der Waals surface area contributed by atoms with Gasteiger partial charge in [-0.15, -0.1) is 0 Å². The first-order valence-electron chi connectivity index (χ1n) is 11.8. The van der Waals surface area contributed by atoms with E-state index in [2.05, 4.69) is 4.90 Å². The standard InChI is InChI=1S/C26H27ClN4O4/c27-21-6-2-4-8-23(21)28-9-11-30(12-10-28)26(34)25(33)20-17-31(22-7-3-1-5-19(20)22)18-24(32)29-13-15-35-16-14-29/h1-8,17H,9-16,18H2. The average molecular weight is 495 g/mol. The Bertz CT molecular complexity index is 1260. The molecule has 2 amide bonds. The summed E-state index contributed by atoms with van der Waals surface area (Å²) in [6.45, 7) is 4.34. The van der Waals surface area contributed by atoms with Crippen molar-refractivity contribution in [3.63, 3.8) is 0 Å². The maximum Gasteiger partial charge on any atom is 0.295 e. The van der Waals surface area contributed by atoms with Crippen LogP contribution < -0.4 is 4.90 Å². The van der Waals surface area contributed by atoms with Gasteiger partial charge in [0.2, 0.25) is 5.91 Å². The number of carbonyl (C=O) groups is 3. The summed E-state index contributed by atoms with van der Waals surface area (Å²) in [5, 5.41) is 1.35. The summed E-state index contributed by atoms with van der Waals surface area (Å²) in [4.78, 5) is 44.8. The van der Waals surface area contributed by atoms with Gasteiger partial charge in [0.05, 0.1) is 29.5 Å². The van der Waals surface area contributed by atoms with Crippen LogP contribution in [0, 0.1) is 0 Å². The van der Waals surface area contributed by atoms with Gasteiger partial charge >= 0.3 is 0 Å². The van der Waals surface area contributed by atoms with E-state index in [1.165, 1.54) is 0 Å². The van der Waals surface area contributed by atoms with Gasteiger partial charge in [-0.2, -0.15) is 0 Å². The lowest BCUT2D eigenvalue weighted by Gasteiger charge is -2.36. The molecular formula is C26H27ClN4O4. The molecule has 182 valence electrons. The van der Waals surface area contributed by atoms with Crippen LogP contribution in [0.2, 0.25) is 5.02 Å². The molecule has 2 saturated heterocycles. The first kappa shape index (κ1) is 23.4. The Labute approximate surface area is 208 Å². The molecule has 9 heteroatoms. The second-order valence-electron chi connectivity index (χ2n) is 8.74. The summed E-state index contributed by atoms with van der Waals surface area (Å²) in [5.41, 5.74) is 2.02. The van der Waals surface area contributed by atoms with E-state index < -0.39 is 11.7 Å². The Morgan fingerprint density at radius 2 is 1.51 bits per heavy atom. The lowest BCUT2D eigenvalue weighted by Crippen LogP contribution is -2.50. The summed E-state index contributed by atoms with van der Waals surface area (Å²) in [7, 11) is 0. The summed E-state index contributed by atoms with van der Waals surface area (Å²) in [5.74, 6) is -1.11. The van der Waals surface area contributed by atoms with E-state index in [0.29, 0.717) is 68.5 Å². The van der Waals surface area contributed by atoms with Gasteiger partial charge in [-0.3, -0.25) is 14.4 Å². The van der Waals surface area contributed by atoms with Crippen LogP contribution in [0.4, 0.5) is 5.69 Å². The lowest BCUT2D eigenvalue weighted by molar-refractivity contribution is -0.135. The second kappa shape index (κ2) is 10.1. The minimum absolute atomic E-state index is 0.0323. The summed E-state index contributed by atoms with van der Waals surface area (Å²) < 4.78 is 7.10. The van der Waals surface area contributed by atoms with Crippen molar-refractivity contribution in [3.8, 4) is 0 Å². The van der Waals surface area contributed by atoms with Crippen molar-refractivity contribution in [1.29, 1.82) is 0 Å². The molecular weight excluding hydrogens is 468 g/mol. The average Bonchev–Trinajstić information content (AvgIpc) is 3.27. The van der Waals surface area contributed by atoms with Gasteiger partial charge in [-0.1, -0.05) is 41.9 Å². The van der Waals surface area contributed by atoms with Crippen molar-refractivity contribution in [3.05, 3.63) is 65.3 Å². The molecule has 0 bridgehead atoms. The van der Waals surface area contributed by atoms with Crippen LogP contribution in [0.1, 0.15) is 10.4 Å². The van der Waals surface area contributed by atoms with Gasteiger partial charge in [-0.25, -0.2) is 0 Å². The quantitative estimate of drug-likeness (QED) is 0.403. The molecule has 0 radical (unpaired) electrons. The smallest absolute Gasteiger partial charge is 0.295 e. The van der Waals surface area contributed by atoms with E-state index in [1.807, 2.05) is 48.5 Å². The number of amides is 2. The van der Waals surface area contributed by atoms with E-state index >= 15 is 0 Å². The fraction of sp³-hybridized carbons (Fsp3) is 0.346. The van der Waals surface area contributed by atoms with Crippen molar-refractivity contribution >= 4 is 45.8 Å². The van der Waals surface area contributed by atoms with Gasteiger partial charge in [-0.05, 0) is 18.2 Å². The number of anilines is 1. The summed E-state index contributed by atoms with van der Waals surface area (Å²) in [6.07, 6.45) is 1.64. The van der Waals surface area contributed by atoms with Crippen molar-refractivity contribution in [2.45, 2.75) is 6.54 Å². The summed E-state index contributed by atoms with van der Waals surface area (Å²) in [6, 6.07) is 15.0. The van der Waals surface area contributed by atoms with Crippen molar-refractivity contribution in [2.24, 2.45) is 0 Å². The Balaban J connectivity index is 1.31. The highest BCUT2D eigenvalue weighted by Gasteiger charge is 2.30. The molecule has 3 heterocycles. The van der Waals surface area contributed by atoms with Gasteiger partial charge in [0, 0.05) is 56.4 Å². The molecule has 2 fully saturated rings. The molecule has 35 heavy (non-hydrogen) atoms. The maximum atomic E-state index is 13.3. The zero-order valence-corrected chi connectivity index (χ0v) is 20.1. The second-order valence-corrected chi connectivity index (χ2v) is 9.15. The number of piperazine rings is 1. The Hall–Kier alpha value is -3.36. The molecule has 0 atom stereocenters. The normalized spacial score (nSPS) is 16.5. The zero-order chi connectivity index (χ0) is 24.4. The number of rotatable bonds is 5. The number of Topliss-reactive ketones (excluding diaryl/α,β-unsaturated/α-hetero) is 1. The Morgan fingerprint density at radius 1 is 0.829 bits per heavy atom. The van der Waals surface area contributed by atoms with Crippen molar-refractivity contribution in [1.82, 2.24) is 14.4 Å². The third kappa shape index (κ3) is 4.76. The number of hydrogen-bond acceptors (Lipinski definition) is 5. The first-order valence-corrected chi connectivity index (χ1v) is 12.2. The van der Waals surface area contributed by atoms with E-state index in [9.17, 15) is 14.4 Å². The van der Waals surface area contributed by atoms with Crippen LogP contribution in [0.15, 0.2) is 54.7 Å². The van der Waals surface area contributed by atoms with Crippen LogP contribution >= 0.6 is 11.6 Å². The molecule has 0 unspecified atom stereocenters. The van der Waals surface area contributed by atoms with E-state index in [0.717, 1.165) is 11.2 Å². The largest absolute Gasteiger partial charge is 0.378 e. The molecule has 2 aromatic carbocycles. The van der Waals surface area contributed by atoms with Crippen LogP contribution in [0.25, 0.3) is 10.9 Å². The van der Waals surface area contributed by atoms with E-state index in [4.69, 9.17) is 16.3 Å². The highest BCUT2D eigenvalue weighted by molar-refractivity contribution is 6.45. The zero-order valence-electron chi connectivity index (χ0n) is 19.4. The van der Waals surface area contributed by atoms with Crippen molar-refractivity contribution in [2.75, 3.05) is 57.4 Å². The van der Waals surface area contributed by atoms with Gasteiger partial charge in [0.1, 0.15) is 6.54 Å². The third-order valence-corrected chi connectivity index (χ3v) is 6.98. The molecule has 3 aromatic rings. The fourth-order valence-corrected chi connectivity index (χ4v) is 4.99. The number of ketones is 1. The molecule has 2 aliphatic heterocycles. The molecule has 2 aliphatic rings. The third-order valence-electron chi connectivity index (χ3n) is 6.66. The molecule has 0 saturated carbocycles. The highest BCUT2D eigenvalue weighted by atomic mass is 35.5. The molecule has 8 nitrogen and oxygen atoms in total. The Morgan fingerprint density at radius 3 is 2.26 bits per heavy atom. The SMILES string of the molecule is O=C(C(=O)N1CCN(c2ccccc2Cl)CC1)c1cn(CC(=O)N2CCOCC2)c2ccccc12. The van der Waals surface area contributed by atoms with Crippen molar-refractivity contribution < 1.29 is 19.1 Å². The van der Waals surface area contributed by atoms with Crippen LogP contribution in [0.3, 0.4) is 0 Å². The Kier molecular flexibility index (Phi) is 6.74. The predicted octanol–water partition coefficient (Wildman–Crippen LogP) is 2.69. The number of morpholine rings is 1. The monoisotopic (exact) mass is 494 g/mol. The number of hydrogen-bond donors (Lipinski definition) is 0. The van der Waals surface area contributed by atoms with E-state index in [-0.39, 0.29) is 12.5 Å². The van der Waals surface area contributed by atoms with Gasteiger partial charge in [0.25, 0.3) is 11.7 Å². The number of fused-ring (bicyclic) bond motifs is 1. The van der Waals surface area contributed by atoms with Crippen LogP contribution in [-0.2, 0) is 20.9 Å². The van der Waals surface area contributed by atoms with Crippen LogP contribution in [-0.4, -0.2) is 84.4 Å². The lowest BCUT2D eigenvalue weighted by atomic mass is 10.1. The predicted molar refractivity (Wildman–Crippen MR) is 134 cm³/mol. The summed E-state index contributed by atoms with van der Waals surface area (Å²) >= 11 is 6.32. The number of carbonyl (C=O) groups excluding carboxylic acids is 3. The number of aromatic nitrogens is 1. The van der Waals surface area contributed by atoms with E-state index in [1.54, 1.807) is 20.6 Å². The molecule has 1 aromatic heterocycles.